The van der Waals surface area contributed by atoms with Crippen molar-refractivity contribution in [3.63, 3.8) is 0 Å². The van der Waals surface area contributed by atoms with Gasteiger partial charge in [0.15, 0.2) is 0 Å². The summed E-state index contributed by atoms with van der Waals surface area (Å²) in [5.74, 6) is 0.760. The minimum Gasteiger partial charge on any atom is -0.380 e. The molecule has 0 saturated carbocycles. The van der Waals surface area contributed by atoms with Gasteiger partial charge >= 0.3 is 0 Å². The van der Waals surface area contributed by atoms with E-state index < -0.39 is 0 Å². The van der Waals surface area contributed by atoms with Crippen molar-refractivity contribution in [3.8, 4) is 6.07 Å². The molecular formula is C15H15N3O. The van der Waals surface area contributed by atoms with E-state index in [1.165, 1.54) is 5.56 Å². The van der Waals surface area contributed by atoms with Gasteiger partial charge in [0, 0.05) is 19.9 Å². The normalized spacial score (nSPS) is 9.89. The molecule has 2 aromatic rings. The number of nitriles is 1. The molecule has 0 fully saturated rings. The van der Waals surface area contributed by atoms with Gasteiger partial charge in [-0.05, 0) is 23.3 Å². The molecule has 0 aliphatic rings. The van der Waals surface area contributed by atoms with Crippen LogP contribution in [0, 0.1) is 11.3 Å². The van der Waals surface area contributed by atoms with Gasteiger partial charge in [0.05, 0.1) is 12.2 Å². The third-order valence-corrected chi connectivity index (χ3v) is 2.67. The lowest BCUT2D eigenvalue weighted by Crippen LogP contribution is -2.02. The average Bonchev–Trinajstić information content (AvgIpc) is 2.46. The first-order chi connectivity index (χ1) is 9.31. The molecule has 0 amide bonds. The van der Waals surface area contributed by atoms with Crippen molar-refractivity contribution in [1.29, 1.82) is 5.26 Å². The Morgan fingerprint density at radius 2 is 2.11 bits per heavy atom. The van der Waals surface area contributed by atoms with Gasteiger partial charge in [-0.25, -0.2) is 4.98 Å². The van der Waals surface area contributed by atoms with Crippen LogP contribution in [0.15, 0.2) is 42.6 Å². The topological polar surface area (TPSA) is 57.9 Å². The number of rotatable bonds is 5. The van der Waals surface area contributed by atoms with Crippen molar-refractivity contribution < 1.29 is 4.74 Å². The van der Waals surface area contributed by atoms with Crippen LogP contribution in [0.2, 0.25) is 0 Å². The van der Waals surface area contributed by atoms with E-state index in [0.717, 1.165) is 11.4 Å². The van der Waals surface area contributed by atoms with Crippen LogP contribution in [0.3, 0.4) is 0 Å². The van der Waals surface area contributed by atoms with E-state index >= 15 is 0 Å². The summed E-state index contributed by atoms with van der Waals surface area (Å²) in [6.45, 7) is 1.30. The van der Waals surface area contributed by atoms with Crippen LogP contribution in [0.25, 0.3) is 0 Å². The number of benzene rings is 1. The zero-order valence-corrected chi connectivity index (χ0v) is 10.8. The minimum absolute atomic E-state index is 0.563. The molecule has 0 bridgehead atoms. The molecule has 1 aromatic carbocycles. The van der Waals surface area contributed by atoms with Crippen molar-refractivity contribution in [2.24, 2.45) is 0 Å². The molecule has 1 N–H and O–H groups in total. The third-order valence-electron chi connectivity index (χ3n) is 2.67. The lowest BCUT2D eigenvalue weighted by atomic mass is 10.1. The molecule has 0 saturated heterocycles. The Bertz CT molecular complexity index is 573. The van der Waals surface area contributed by atoms with E-state index in [1.807, 2.05) is 18.2 Å². The Kier molecular flexibility index (Phi) is 4.49. The van der Waals surface area contributed by atoms with Gasteiger partial charge in [-0.3, -0.25) is 0 Å². The second kappa shape index (κ2) is 6.53. The number of ether oxygens (including phenoxy) is 1. The standard InChI is InChI=1S/C15H15N3O/c1-19-11-13-4-2-3-12(7-13)9-17-15-6-5-14(8-16)10-18-15/h2-7,10H,9,11H2,1H3,(H,17,18). The van der Waals surface area contributed by atoms with Gasteiger partial charge in [-0.15, -0.1) is 0 Å². The maximum absolute atomic E-state index is 8.70. The number of nitrogens with zero attached hydrogens (tertiary/aromatic N) is 2. The summed E-state index contributed by atoms with van der Waals surface area (Å²) in [6.07, 6.45) is 1.56. The fraction of sp³-hybridized carbons (Fsp3) is 0.200. The smallest absolute Gasteiger partial charge is 0.126 e. The van der Waals surface area contributed by atoms with E-state index in [9.17, 15) is 0 Å². The Labute approximate surface area is 112 Å². The molecule has 96 valence electrons. The van der Waals surface area contributed by atoms with Crippen molar-refractivity contribution >= 4 is 5.82 Å². The largest absolute Gasteiger partial charge is 0.380 e. The van der Waals surface area contributed by atoms with Crippen LogP contribution < -0.4 is 5.32 Å². The quantitative estimate of drug-likeness (QED) is 0.890. The number of nitrogens with one attached hydrogen (secondary N) is 1. The fourth-order valence-electron chi connectivity index (χ4n) is 1.75. The highest BCUT2D eigenvalue weighted by Crippen LogP contribution is 2.10. The van der Waals surface area contributed by atoms with Crippen LogP contribution in [0.1, 0.15) is 16.7 Å². The summed E-state index contributed by atoms with van der Waals surface area (Å²) in [6, 6.07) is 13.8. The number of hydrogen-bond donors (Lipinski definition) is 1. The highest BCUT2D eigenvalue weighted by molar-refractivity contribution is 5.40. The first-order valence-electron chi connectivity index (χ1n) is 5.98. The average molecular weight is 253 g/mol. The Morgan fingerprint density at radius 1 is 1.26 bits per heavy atom. The number of aromatic nitrogens is 1. The Hall–Kier alpha value is -2.38. The maximum atomic E-state index is 8.70. The maximum Gasteiger partial charge on any atom is 0.126 e. The van der Waals surface area contributed by atoms with E-state index in [0.29, 0.717) is 18.7 Å². The second-order valence-corrected chi connectivity index (χ2v) is 4.15. The second-order valence-electron chi connectivity index (χ2n) is 4.15. The highest BCUT2D eigenvalue weighted by atomic mass is 16.5. The molecule has 1 aromatic heterocycles. The van der Waals surface area contributed by atoms with Crippen LogP contribution in [0.4, 0.5) is 5.82 Å². The Balaban J connectivity index is 1.97. The summed E-state index contributed by atoms with van der Waals surface area (Å²) < 4.78 is 5.11. The third kappa shape index (κ3) is 3.80. The van der Waals surface area contributed by atoms with Gasteiger partial charge in [0.1, 0.15) is 11.9 Å². The van der Waals surface area contributed by atoms with Crippen LogP contribution in [-0.4, -0.2) is 12.1 Å². The monoisotopic (exact) mass is 253 g/mol. The van der Waals surface area contributed by atoms with Gasteiger partial charge in [-0.2, -0.15) is 5.26 Å². The number of pyridine rings is 1. The summed E-state index contributed by atoms with van der Waals surface area (Å²) in [5, 5.41) is 11.9. The predicted molar refractivity (Wildman–Crippen MR) is 73.4 cm³/mol. The molecular weight excluding hydrogens is 238 g/mol. The van der Waals surface area contributed by atoms with E-state index in [1.54, 1.807) is 25.4 Å². The molecule has 1 heterocycles. The van der Waals surface area contributed by atoms with Gasteiger partial charge < -0.3 is 10.1 Å². The SMILES string of the molecule is COCc1cccc(CNc2ccc(C#N)cn2)c1. The van der Waals surface area contributed by atoms with E-state index in [4.69, 9.17) is 10.00 Å². The van der Waals surface area contributed by atoms with E-state index in [-0.39, 0.29) is 0 Å². The van der Waals surface area contributed by atoms with Crippen LogP contribution in [-0.2, 0) is 17.9 Å². The van der Waals surface area contributed by atoms with Crippen LogP contribution >= 0.6 is 0 Å². The molecule has 4 heteroatoms. The molecule has 0 atom stereocenters. The number of methoxy groups -OCH3 is 1. The highest BCUT2D eigenvalue weighted by Gasteiger charge is 1.98. The molecule has 0 aliphatic carbocycles. The predicted octanol–water partition coefficient (Wildman–Crippen LogP) is 2.71. The molecule has 0 unspecified atom stereocenters. The van der Waals surface area contributed by atoms with Gasteiger partial charge in [0.2, 0.25) is 0 Å². The molecule has 4 nitrogen and oxygen atoms in total. The summed E-state index contributed by atoms with van der Waals surface area (Å²) >= 11 is 0. The lowest BCUT2D eigenvalue weighted by Gasteiger charge is -2.07. The molecule has 0 spiro atoms. The van der Waals surface area contributed by atoms with Crippen molar-refractivity contribution in [1.82, 2.24) is 4.98 Å². The van der Waals surface area contributed by atoms with Crippen LogP contribution in [0.5, 0.6) is 0 Å². The number of anilines is 1. The zero-order chi connectivity index (χ0) is 13.5. The minimum atomic E-state index is 0.563. The van der Waals surface area contributed by atoms with E-state index in [2.05, 4.69) is 22.4 Å². The van der Waals surface area contributed by atoms with Crippen molar-refractivity contribution in [2.45, 2.75) is 13.2 Å². The zero-order valence-electron chi connectivity index (χ0n) is 10.8. The van der Waals surface area contributed by atoms with Crippen molar-refractivity contribution in [2.75, 3.05) is 12.4 Å². The molecule has 2 rings (SSSR count). The Morgan fingerprint density at radius 3 is 2.79 bits per heavy atom. The summed E-state index contributed by atoms with van der Waals surface area (Å²) in [4.78, 5) is 4.17. The fourth-order valence-corrected chi connectivity index (χ4v) is 1.75. The first kappa shape index (κ1) is 13.1. The van der Waals surface area contributed by atoms with Gasteiger partial charge in [0.25, 0.3) is 0 Å². The number of hydrogen-bond acceptors (Lipinski definition) is 4. The first-order valence-corrected chi connectivity index (χ1v) is 5.98. The van der Waals surface area contributed by atoms with Crippen molar-refractivity contribution in [3.05, 3.63) is 59.3 Å². The molecule has 0 aliphatic heterocycles. The summed E-state index contributed by atoms with van der Waals surface area (Å²) in [5.41, 5.74) is 2.88. The summed E-state index contributed by atoms with van der Waals surface area (Å²) in [7, 11) is 1.69. The lowest BCUT2D eigenvalue weighted by molar-refractivity contribution is 0.185. The van der Waals surface area contributed by atoms with Gasteiger partial charge in [-0.1, -0.05) is 24.3 Å². The molecule has 19 heavy (non-hydrogen) atoms. The molecule has 0 radical (unpaired) electrons.